The molecule has 3 rings (SSSR count). The largest absolute Gasteiger partial charge is 0.452 e. The highest BCUT2D eigenvalue weighted by Crippen LogP contribution is 2.18. The topological polar surface area (TPSA) is 68.3 Å². The van der Waals surface area contributed by atoms with Crippen molar-refractivity contribution in [3.63, 3.8) is 0 Å². The van der Waals surface area contributed by atoms with Crippen LogP contribution in [0.15, 0.2) is 67.0 Å². The Morgan fingerprint density at radius 2 is 1.83 bits per heavy atom. The lowest BCUT2D eigenvalue weighted by Crippen LogP contribution is -2.20. The first-order valence-electron chi connectivity index (χ1n) is 7.08. The van der Waals surface area contributed by atoms with E-state index in [1.807, 2.05) is 42.5 Å². The van der Waals surface area contributed by atoms with E-state index in [4.69, 9.17) is 4.74 Å². The number of aromatic nitrogens is 1. The van der Waals surface area contributed by atoms with Gasteiger partial charge in [0.05, 0.1) is 5.56 Å². The maximum absolute atomic E-state index is 11.9. The zero-order valence-corrected chi connectivity index (χ0v) is 12.2. The highest BCUT2D eigenvalue weighted by atomic mass is 16.5. The summed E-state index contributed by atoms with van der Waals surface area (Å²) in [5, 5.41) is 4.83. The summed E-state index contributed by atoms with van der Waals surface area (Å²) in [5.74, 6) is -0.968. The molecule has 0 unspecified atom stereocenters. The van der Waals surface area contributed by atoms with E-state index in [-0.39, 0.29) is 6.61 Å². The molecule has 1 aromatic heterocycles. The van der Waals surface area contributed by atoms with Crippen molar-refractivity contribution in [2.45, 2.75) is 0 Å². The number of fused-ring (bicyclic) bond motifs is 1. The number of hydrogen-bond donors (Lipinski definition) is 1. The van der Waals surface area contributed by atoms with Crippen LogP contribution in [0.1, 0.15) is 10.4 Å². The van der Waals surface area contributed by atoms with E-state index < -0.39 is 11.9 Å². The number of nitrogens with zero attached hydrogens (tertiary/aromatic N) is 1. The summed E-state index contributed by atoms with van der Waals surface area (Å²) in [7, 11) is 0. The lowest BCUT2D eigenvalue weighted by Gasteiger charge is -2.07. The molecule has 0 atom stereocenters. The molecule has 3 aromatic rings. The quantitative estimate of drug-likeness (QED) is 0.752. The molecule has 1 amide bonds. The fraction of sp³-hybridized carbons (Fsp3) is 0.0556. The summed E-state index contributed by atoms with van der Waals surface area (Å²) in [5.41, 5.74) is 0.970. The van der Waals surface area contributed by atoms with Crippen molar-refractivity contribution in [1.82, 2.24) is 4.98 Å². The van der Waals surface area contributed by atoms with E-state index in [9.17, 15) is 9.59 Å². The van der Waals surface area contributed by atoms with E-state index >= 15 is 0 Å². The molecular formula is C18H14N2O3. The first kappa shape index (κ1) is 14.7. The lowest BCUT2D eigenvalue weighted by atomic mass is 10.1. The summed E-state index contributed by atoms with van der Waals surface area (Å²) >= 11 is 0. The Balaban J connectivity index is 1.59. The summed E-state index contributed by atoms with van der Waals surface area (Å²) < 4.78 is 4.96. The second-order valence-electron chi connectivity index (χ2n) is 4.93. The van der Waals surface area contributed by atoms with E-state index in [1.54, 1.807) is 18.3 Å². The van der Waals surface area contributed by atoms with Crippen LogP contribution in [0.4, 0.5) is 5.69 Å². The molecule has 1 N–H and O–H groups in total. The van der Waals surface area contributed by atoms with Gasteiger partial charge in [0.1, 0.15) is 0 Å². The van der Waals surface area contributed by atoms with Crippen LogP contribution in [-0.4, -0.2) is 23.5 Å². The number of nitrogens with one attached hydrogen (secondary N) is 1. The van der Waals surface area contributed by atoms with Crippen LogP contribution >= 0.6 is 0 Å². The monoisotopic (exact) mass is 306 g/mol. The molecule has 0 bridgehead atoms. The van der Waals surface area contributed by atoms with E-state index in [2.05, 4.69) is 10.3 Å². The van der Waals surface area contributed by atoms with Crippen LogP contribution in [-0.2, 0) is 9.53 Å². The predicted octanol–water partition coefficient (Wildman–Crippen LogP) is 3.03. The van der Waals surface area contributed by atoms with Crippen molar-refractivity contribution in [2.24, 2.45) is 0 Å². The Hall–Kier alpha value is -3.21. The Bertz CT molecular complexity index is 847. The second-order valence-corrected chi connectivity index (χ2v) is 4.93. The van der Waals surface area contributed by atoms with Crippen molar-refractivity contribution in [1.29, 1.82) is 0 Å². The van der Waals surface area contributed by atoms with Gasteiger partial charge in [0.15, 0.2) is 6.61 Å². The summed E-state index contributed by atoms with van der Waals surface area (Å²) in [4.78, 5) is 27.4. The SMILES string of the molecule is O=C(COC(=O)c1cccnc1)Nc1ccc2ccccc2c1. The minimum atomic E-state index is -0.577. The fourth-order valence-electron chi connectivity index (χ4n) is 2.16. The highest BCUT2D eigenvalue weighted by Gasteiger charge is 2.10. The summed E-state index contributed by atoms with van der Waals surface area (Å²) in [6.07, 6.45) is 2.95. The Morgan fingerprint density at radius 1 is 1.00 bits per heavy atom. The molecule has 23 heavy (non-hydrogen) atoms. The van der Waals surface area contributed by atoms with Gasteiger partial charge in [0.25, 0.3) is 5.91 Å². The molecule has 0 aliphatic heterocycles. The van der Waals surface area contributed by atoms with E-state index in [0.29, 0.717) is 11.3 Å². The fourth-order valence-corrected chi connectivity index (χ4v) is 2.16. The average molecular weight is 306 g/mol. The Kier molecular flexibility index (Phi) is 4.29. The van der Waals surface area contributed by atoms with Crippen LogP contribution < -0.4 is 5.32 Å². The van der Waals surface area contributed by atoms with Gasteiger partial charge < -0.3 is 10.1 Å². The number of rotatable bonds is 4. The standard InChI is InChI=1S/C18H14N2O3/c21-17(12-23-18(22)15-6-3-9-19-11-15)20-16-8-7-13-4-1-2-5-14(13)10-16/h1-11H,12H2,(H,20,21). The molecule has 0 radical (unpaired) electrons. The molecule has 0 saturated heterocycles. The van der Waals surface area contributed by atoms with Gasteiger partial charge >= 0.3 is 5.97 Å². The predicted molar refractivity (Wildman–Crippen MR) is 87.1 cm³/mol. The molecule has 2 aromatic carbocycles. The first-order chi connectivity index (χ1) is 11.2. The minimum absolute atomic E-state index is 0.311. The number of amides is 1. The molecule has 0 saturated carbocycles. The molecule has 5 heteroatoms. The Morgan fingerprint density at radius 3 is 2.61 bits per heavy atom. The van der Waals surface area contributed by atoms with Crippen molar-refractivity contribution in [3.05, 3.63) is 72.6 Å². The number of pyridine rings is 1. The van der Waals surface area contributed by atoms with Crippen molar-refractivity contribution in [2.75, 3.05) is 11.9 Å². The maximum atomic E-state index is 11.9. The number of ether oxygens (including phenoxy) is 1. The van der Waals surface area contributed by atoms with Gasteiger partial charge in [-0.2, -0.15) is 0 Å². The third-order valence-electron chi connectivity index (χ3n) is 3.26. The molecule has 0 aliphatic carbocycles. The van der Waals surface area contributed by atoms with Gasteiger partial charge in [-0.25, -0.2) is 4.79 Å². The highest BCUT2D eigenvalue weighted by molar-refractivity contribution is 5.97. The van der Waals surface area contributed by atoms with E-state index in [1.165, 1.54) is 6.20 Å². The van der Waals surface area contributed by atoms with Gasteiger partial charge in [-0.05, 0) is 35.0 Å². The van der Waals surface area contributed by atoms with Gasteiger partial charge in [-0.15, -0.1) is 0 Å². The number of carbonyl (C=O) groups excluding carboxylic acids is 2. The summed E-state index contributed by atoms with van der Waals surface area (Å²) in [6, 6.07) is 16.7. The molecule has 0 spiro atoms. The molecule has 114 valence electrons. The van der Waals surface area contributed by atoms with Crippen LogP contribution in [0, 0.1) is 0 Å². The number of benzene rings is 2. The number of carbonyl (C=O) groups is 2. The number of anilines is 1. The van der Waals surface area contributed by atoms with Gasteiger partial charge in [-0.1, -0.05) is 30.3 Å². The van der Waals surface area contributed by atoms with Crippen molar-refractivity contribution >= 4 is 28.3 Å². The third-order valence-corrected chi connectivity index (χ3v) is 3.26. The smallest absolute Gasteiger partial charge is 0.340 e. The zero-order chi connectivity index (χ0) is 16.1. The first-order valence-corrected chi connectivity index (χ1v) is 7.08. The molecule has 5 nitrogen and oxygen atoms in total. The average Bonchev–Trinajstić information content (AvgIpc) is 2.60. The minimum Gasteiger partial charge on any atom is -0.452 e. The number of esters is 1. The lowest BCUT2D eigenvalue weighted by molar-refractivity contribution is -0.119. The zero-order valence-electron chi connectivity index (χ0n) is 12.2. The third kappa shape index (κ3) is 3.71. The Labute approximate surface area is 132 Å². The van der Waals surface area contributed by atoms with Gasteiger partial charge in [-0.3, -0.25) is 9.78 Å². The second kappa shape index (κ2) is 6.70. The molecule has 0 fully saturated rings. The maximum Gasteiger partial charge on any atom is 0.340 e. The van der Waals surface area contributed by atoms with Crippen LogP contribution in [0.25, 0.3) is 10.8 Å². The van der Waals surface area contributed by atoms with Gasteiger partial charge in [0, 0.05) is 18.1 Å². The molecular weight excluding hydrogens is 292 g/mol. The van der Waals surface area contributed by atoms with Crippen molar-refractivity contribution in [3.8, 4) is 0 Å². The summed E-state index contributed by atoms with van der Waals surface area (Å²) in [6.45, 7) is -0.347. The number of hydrogen-bond acceptors (Lipinski definition) is 4. The molecule has 0 aliphatic rings. The van der Waals surface area contributed by atoms with Crippen molar-refractivity contribution < 1.29 is 14.3 Å². The van der Waals surface area contributed by atoms with Crippen LogP contribution in [0.5, 0.6) is 0 Å². The normalized spacial score (nSPS) is 10.3. The van der Waals surface area contributed by atoms with Crippen LogP contribution in [0.3, 0.4) is 0 Å². The van der Waals surface area contributed by atoms with Gasteiger partial charge in [0.2, 0.25) is 0 Å². The van der Waals surface area contributed by atoms with Crippen LogP contribution in [0.2, 0.25) is 0 Å². The van der Waals surface area contributed by atoms with E-state index in [0.717, 1.165) is 10.8 Å². The molecule has 1 heterocycles.